The molecule has 34 heavy (non-hydrogen) atoms. The highest BCUT2D eigenvalue weighted by molar-refractivity contribution is 5.99. The van der Waals surface area contributed by atoms with E-state index in [0.29, 0.717) is 35.2 Å². The van der Waals surface area contributed by atoms with E-state index in [-0.39, 0.29) is 29.7 Å². The van der Waals surface area contributed by atoms with Crippen LogP contribution in [0, 0.1) is 0 Å². The molecule has 1 unspecified atom stereocenters. The quantitative estimate of drug-likeness (QED) is 0.344. The Bertz CT molecular complexity index is 1120. The molecule has 0 aromatic carbocycles. The number of ether oxygens (including phenoxy) is 1. The number of hydrazone groups is 1. The number of rotatable bonds is 7. The van der Waals surface area contributed by atoms with Crippen molar-refractivity contribution in [1.29, 1.82) is 0 Å². The Balaban J connectivity index is 1.60. The number of methoxy groups -OCH3 is 1. The number of hydrogen-bond donors (Lipinski definition) is 4. The van der Waals surface area contributed by atoms with Gasteiger partial charge in [-0.2, -0.15) is 10.1 Å². The second-order valence-electron chi connectivity index (χ2n) is 8.59. The third kappa shape index (κ3) is 4.36. The molecule has 4 N–H and O–H groups in total. The second kappa shape index (κ2) is 9.82. The van der Waals surface area contributed by atoms with Gasteiger partial charge < -0.3 is 30.4 Å². The highest BCUT2D eigenvalue weighted by Gasteiger charge is 2.34. The number of amidine groups is 1. The van der Waals surface area contributed by atoms with E-state index in [1.54, 1.807) is 44.0 Å². The lowest BCUT2D eigenvalue weighted by Crippen LogP contribution is -2.51. The molecule has 0 bridgehead atoms. The van der Waals surface area contributed by atoms with E-state index in [4.69, 9.17) is 4.74 Å². The van der Waals surface area contributed by atoms with Crippen molar-refractivity contribution >= 4 is 24.1 Å². The summed E-state index contributed by atoms with van der Waals surface area (Å²) in [7, 11) is 3.26. The van der Waals surface area contributed by atoms with Crippen molar-refractivity contribution in [2.45, 2.75) is 56.9 Å². The maximum atomic E-state index is 13.1. The van der Waals surface area contributed by atoms with E-state index in [9.17, 15) is 14.7 Å². The summed E-state index contributed by atoms with van der Waals surface area (Å²) < 4.78 is 7.15. The van der Waals surface area contributed by atoms with Crippen LogP contribution >= 0.6 is 0 Å². The third-order valence-corrected chi connectivity index (χ3v) is 6.66. The SMILES string of the molecule is C=NN1C(=NC)C=C(Nc2cccn([C@H]3CC[C@@H]3OC)c2=O)N/C1=C(/C)C(=O)N[C@H]1CCC1O. The summed E-state index contributed by atoms with van der Waals surface area (Å²) >= 11 is 0. The minimum atomic E-state index is -0.534. The van der Waals surface area contributed by atoms with Gasteiger partial charge in [0.15, 0.2) is 5.84 Å². The maximum Gasteiger partial charge on any atom is 0.274 e. The van der Waals surface area contributed by atoms with Gasteiger partial charge in [0.05, 0.1) is 29.9 Å². The Morgan fingerprint density at radius 1 is 1.32 bits per heavy atom. The Kier molecular flexibility index (Phi) is 6.85. The van der Waals surface area contributed by atoms with E-state index in [1.165, 1.54) is 5.01 Å². The fourth-order valence-corrected chi connectivity index (χ4v) is 4.24. The molecule has 4 rings (SSSR count). The van der Waals surface area contributed by atoms with Crippen LogP contribution in [0.4, 0.5) is 5.69 Å². The number of aliphatic hydroxyl groups excluding tert-OH is 1. The Hall–Kier alpha value is -3.44. The summed E-state index contributed by atoms with van der Waals surface area (Å²) in [5, 5.41) is 24.3. The van der Waals surface area contributed by atoms with E-state index >= 15 is 0 Å². The molecular formula is C23H31N7O4. The summed E-state index contributed by atoms with van der Waals surface area (Å²) in [4.78, 5) is 30.2. The molecule has 0 radical (unpaired) electrons. The smallest absolute Gasteiger partial charge is 0.274 e. The predicted octanol–water partition coefficient (Wildman–Crippen LogP) is 0.872. The number of amides is 1. The minimum absolute atomic E-state index is 0.00372. The molecule has 2 aliphatic carbocycles. The molecule has 11 nitrogen and oxygen atoms in total. The van der Waals surface area contributed by atoms with Gasteiger partial charge >= 0.3 is 0 Å². The van der Waals surface area contributed by atoms with Gasteiger partial charge in [-0.15, -0.1) is 0 Å². The van der Waals surface area contributed by atoms with Crippen LogP contribution in [-0.4, -0.2) is 65.6 Å². The number of hydrogen-bond acceptors (Lipinski definition) is 8. The molecule has 1 aromatic heterocycles. The Labute approximate surface area is 197 Å². The molecule has 1 aliphatic heterocycles. The van der Waals surface area contributed by atoms with E-state index in [0.717, 1.165) is 19.3 Å². The van der Waals surface area contributed by atoms with Crippen molar-refractivity contribution in [3.63, 3.8) is 0 Å². The normalized spacial score (nSPS) is 28.8. The van der Waals surface area contributed by atoms with Crippen molar-refractivity contribution in [2.75, 3.05) is 19.5 Å². The topological polar surface area (TPSA) is 133 Å². The van der Waals surface area contributed by atoms with Crippen LogP contribution in [0.1, 0.15) is 38.6 Å². The summed E-state index contributed by atoms with van der Waals surface area (Å²) in [6, 6.07) is 3.24. The lowest BCUT2D eigenvalue weighted by Gasteiger charge is -2.36. The first kappa shape index (κ1) is 23.7. The summed E-state index contributed by atoms with van der Waals surface area (Å²) in [6.07, 6.45) is 6.14. The molecule has 1 amide bonds. The monoisotopic (exact) mass is 469 g/mol. The minimum Gasteiger partial charge on any atom is -0.391 e. The fourth-order valence-electron chi connectivity index (χ4n) is 4.24. The number of aliphatic imine (C=N–C) groups is 1. The maximum absolute atomic E-state index is 13.1. The number of nitrogens with one attached hydrogen (secondary N) is 3. The van der Waals surface area contributed by atoms with Gasteiger partial charge in [-0.05, 0) is 44.7 Å². The first-order chi connectivity index (χ1) is 16.4. The highest BCUT2D eigenvalue weighted by Crippen LogP contribution is 2.33. The van der Waals surface area contributed by atoms with Gasteiger partial charge in [0.1, 0.15) is 17.3 Å². The van der Waals surface area contributed by atoms with Gasteiger partial charge in [0.25, 0.3) is 11.5 Å². The predicted molar refractivity (Wildman–Crippen MR) is 129 cm³/mol. The second-order valence-corrected chi connectivity index (χ2v) is 8.59. The summed E-state index contributed by atoms with van der Waals surface area (Å²) in [5.41, 5.74) is 0.538. The molecule has 0 spiro atoms. The van der Waals surface area contributed by atoms with Crippen LogP contribution in [-0.2, 0) is 9.53 Å². The molecule has 0 saturated heterocycles. The van der Waals surface area contributed by atoms with Gasteiger partial charge in [-0.1, -0.05) is 0 Å². The number of nitrogens with zero attached hydrogens (tertiary/aromatic N) is 4. The number of pyridine rings is 1. The van der Waals surface area contributed by atoms with Crippen LogP contribution in [0.25, 0.3) is 0 Å². The van der Waals surface area contributed by atoms with Gasteiger partial charge in [-0.3, -0.25) is 14.6 Å². The van der Waals surface area contributed by atoms with Crippen molar-refractivity contribution in [2.24, 2.45) is 10.1 Å². The number of aliphatic hydroxyl groups is 1. The first-order valence-electron chi connectivity index (χ1n) is 11.3. The average molecular weight is 470 g/mol. The molecule has 4 atom stereocenters. The van der Waals surface area contributed by atoms with Crippen molar-refractivity contribution in [3.05, 3.63) is 52.0 Å². The molecule has 2 fully saturated rings. The summed E-state index contributed by atoms with van der Waals surface area (Å²) in [5.74, 6) is 0.894. The zero-order chi connectivity index (χ0) is 24.4. The van der Waals surface area contributed by atoms with E-state index in [2.05, 4.69) is 32.8 Å². The number of anilines is 1. The molecule has 182 valence electrons. The molecule has 1 aromatic rings. The largest absolute Gasteiger partial charge is 0.391 e. The number of aromatic nitrogens is 1. The zero-order valence-corrected chi connectivity index (χ0v) is 19.6. The van der Waals surface area contributed by atoms with Gasteiger partial charge in [0, 0.05) is 33.1 Å². The fraction of sp³-hybridized carbons (Fsp3) is 0.478. The third-order valence-electron chi connectivity index (χ3n) is 6.66. The summed E-state index contributed by atoms with van der Waals surface area (Å²) in [6.45, 7) is 5.24. The molecule has 2 saturated carbocycles. The van der Waals surface area contributed by atoms with Crippen LogP contribution in [0.15, 0.2) is 56.5 Å². The van der Waals surface area contributed by atoms with Crippen LogP contribution < -0.4 is 21.5 Å². The van der Waals surface area contributed by atoms with Crippen molar-refractivity contribution < 1.29 is 14.6 Å². The average Bonchev–Trinajstić information content (AvgIpc) is 2.82. The van der Waals surface area contributed by atoms with Crippen LogP contribution in [0.3, 0.4) is 0 Å². The first-order valence-corrected chi connectivity index (χ1v) is 11.3. The van der Waals surface area contributed by atoms with E-state index in [1.807, 2.05) is 6.07 Å². The highest BCUT2D eigenvalue weighted by atomic mass is 16.5. The molecular weight excluding hydrogens is 438 g/mol. The van der Waals surface area contributed by atoms with Crippen LogP contribution in [0.5, 0.6) is 0 Å². The number of carbonyl (C=O) groups is 1. The molecule has 3 aliphatic rings. The number of carbonyl (C=O) groups excluding carboxylic acids is 1. The van der Waals surface area contributed by atoms with Crippen LogP contribution in [0.2, 0.25) is 0 Å². The standard InChI is InChI=1S/C23H31N7O4/c1-13(22(32)27-14-7-9-17(14)31)21-28-19(12-20(24-2)30(21)25-3)26-15-6-5-11-29(23(15)33)16-8-10-18(16)34-4/h5-6,11-12,14,16-18,26,28,31H,3,7-10H2,1-2,4H3,(H,27,32)/b21-13+,24-20?/t14-,16-,17?,18-/m0/s1. The van der Waals surface area contributed by atoms with Gasteiger partial charge in [-0.25, -0.2) is 0 Å². The zero-order valence-electron chi connectivity index (χ0n) is 19.6. The van der Waals surface area contributed by atoms with Crippen molar-refractivity contribution in [3.8, 4) is 0 Å². The van der Waals surface area contributed by atoms with Crippen molar-refractivity contribution in [1.82, 2.24) is 20.2 Å². The lowest BCUT2D eigenvalue weighted by atomic mass is 9.88. The lowest BCUT2D eigenvalue weighted by molar-refractivity contribution is -0.120. The van der Waals surface area contributed by atoms with E-state index < -0.39 is 6.10 Å². The van der Waals surface area contributed by atoms with Gasteiger partial charge in [0.2, 0.25) is 0 Å². The Morgan fingerprint density at radius 3 is 2.68 bits per heavy atom. The molecule has 2 heterocycles. The molecule has 11 heteroatoms. The Morgan fingerprint density at radius 2 is 2.12 bits per heavy atom.